The molecule has 7 heteroatoms. The molecule has 0 unspecified atom stereocenters. The maximum Gasteiger partial charge on any atom is 0.410 e. The van der Waals surface area contributed by atoms with Crippen molar-refractivity contribution in [2.75, 3.05) is 26.7 Å². The van der Waals surface area contributed by atoms with Gasteiger partial charge in [-0.3, -0.25) is 9.59 Å². The molecule has 0 radical (unpaired) electrons. The minimum Gasteiger partial charge on any atom is -0.469 e. The Balaban J connectivity index is 2.78. The van der Waals surface area contributed by atoms with Crippen LogP contribution in [0.5, 0.6) is 0 Å². The number of piperidine rings is 1. The van der Waals surface area contributed by atoms with E-state index in [1.807, 2.05) is 0 Å². The first-order chi connectivity index (χ1) is 11.5. The predicted octanol–water partition coefficient (Wildman–Crippen LogP) is 2.19. The molecule has 1 fully saturated rings. The van der Waals surface area contributed by atoms with Gasteiger partial charge in [0.25, 0.3) is 0 Å². The van der Waals surface area contributed by atoms with E-state index in [9.17, 15) is 14.4 Å². The van der Waals surface area contributed by atoms with Crippen molar-refractivity contribution in [2.24, 2.45) is 17.8 Å². The highest BCUT2D eigenvalue weighted by atomic mass is 16.6. The van der Waals surface area contributed by atoms with Gasteiger partial charge in [-0.2, -0.15) is 0 Å². The second kappa shape index (κ2) is 9.06. The van der Waals surface area contributed by atoms with Gasteiger partial charge in [0.2, 0.25) is 5.91 Å². The number of nitrogens with zero attached hydrogens (tertiary/aromatic N) is 1. The van der Waals surface area contributed by atoms with Crippen molar-refractivity contribution >= 4 is 18.0 Å². The fraction of sp³-hybridized carbons (Fsp3) is 0.833. The lowest BCUT2D eigenvalue weighted by Crippen LogP contribution is -2.51. The highest BCUT2D eigenvalue weighted by molar-refractivity contribution is 5.82. The monoisotopic (exact) mass is 356 g/mol. The summed E-state index contributed by atoms with van der Waals surface area (Å²) in [6, 6.07) is 0. The number of amides is 2. The third-order valence-electron chi connectivity index (χ3n) is 4.03. The van der Waals surface area contributed by atoms with Crippen LogP contribution < -0.4 is 5.32 Å². The molecule has 2 atom stereocenters. The van der Waals surface area contributed by atoms with Gasteiger partial charge < -0.3 is 19.7 Å². The molecule has 7 nitrogen and oxygen atoms in total. The van der Waals surface area contributed by atoms with Crippen LogP contribution in [-0.4, -0.2) is 55.2 Å². The summed E-state index contributed by atoms with van der Waals surface area (Å²) in [7, 11) is 1.31. The predicted molar refractivity (Wildman–Crippen MR) is 93.9 cm³/mol. The molecule has 1 aliphatic heterocycles. The molecular formula is C18H32N2O5. The third-order valence-corrected chi connectivity index (χ3v) is 4.03. The SMILES string of the molecule is COC(=O)[C@@H]1C[C@H](C(=O)NCCC(C)C)CN(C(=O)OC(C)(C)C)C1. The summed E-state index contributed by atoms with van der Waals surface area (Å²) in [5, 5.41) is 2.90. The van der Waals surface area contributed by atoms with Crippen molar-refractivity contribution in [3.8, 4) is 0 Å². The van der Waals surface area contributed by atoms with E-state index in [0.717, 1.165) is 6.42 Å². The van der Waals surface area contributed by atoms with Crippen molar-refractivity contribution < 1.29 is 23.9 Å². The Morgan fingerprint density at radius 2 is 1.76 bits per heavy atom. The van der Waals surface area contributed by atoms with E-state index in [1.54, 1.807) is 20.8 Å². The number of carbonyl (C=O) groups is 3. The van der Waals surface area contributed by atoms with E-state index in [2.05, 4.69) is 19.2 Å². The zero-order valence-electron chi connectivity index (χ0n) is 16.3. The first-order valence-corrected chi connectivity index (χ1v) is 8.87. The van der Waals surface area contributed by atoms with Crippen LogP contribution in [0.4, 0.5) is 4.79 Å². The van der Waals surface area contributed by atoms with Gasteiger partial charge in [0, 0.05) is 19.6 Å². The van der Waals surface area contributed by atoms with Gasteiger partial charge in [0.05, 0.1) is 18.9 Å². The van der Waals surface area contributed by atoms with E-state index < -0.39 is 29.5 Å². The summed E-state index contributed by atoms with van der Waals surface area (Å²) in [6.07, 6.45) is 0.745. The number of esters is 1. The van der Waals surface area contributed by atoms with Gasteiger partial charge in [-0.05, 0) is 39.5 Å². The molecule has 1 saturated heterocycles. The van der Waals surface area contributed by atoms with Crippen molar-refractivity contribution in [1.29, 1.82) is 0 Å². The number of methoxy groups -OCH3 is 1. The molecule has 0 aromatic heterocycles. The molecule has 0 bridgehead atoms. The molecule has 1 rings (SSSR count). The molecule has 1 aliphatic rings. The standard InChI is InChI=1S/C18H32N2O5/c1-12(2)7-8-19-15(21)13-9-14(16(22)24-6)11-20(10-13)17(23)25-18(3,4)5/h12-14H,7-11H2,1-6H3,(H,19,21)/t13-,14+/m0/s1. The van der Waals surface area contributed by atoms with Crippen LogP contribution in [0.2, 0.25) is 0 Å². The lowest BCUT2D eigenvalue weighted by molar-refractivity contribution is -0.148. The Hall–Kier alpha value is -1.79. The average molecular weight is 356 g/mol. The molecule has 0 aromatic carbocycles. The summed E-state index contributed by atoms with van der Waals surface area (Å²) in [4.78, 5) is 38.2. The molecule has 0 aliphatic carbocycles. The Morgan fingerprint density at radius 3 is 2.28 bits per heavy atom. The largest absolute Gasteiger partial charge is 0.469 e. The maximum absolute atomic E-state index is 12.4. The van der Waals surface area contributed by atoms with Crippen LogP contribution in [0.3, 0.4) is 0 Å². The number of hydrogen-bond donors (Lipinski definition) is 1. The van der Waals surface area contributed by atoms with Crippen LogP contribution in [0.25, 0.3) is 0 Å². The van der Waals surface area contributed by atoms with Crippen molar-refractivity contribution in [1.82, 2.24) is 10.2 Å². The first-order valence-electron chi connectivity index (χ1n) is 8.87. The highest BCUT2D eigenvalue weighted by Gasteiger charge is 2.38. The van der Waals surface area contributed by atoms with E-state index in [0.29, 0.717) is 18.9 Å². The third kappa shape index (κ3) is 7.32. The van der Waals surface area contributed by atoms with Gasteiger partial charge in [0.1, 0.15) is 5.60 Å². The molecule has 1 heterocycles. The number of carbonyl (C=O) groups excluding carboxylic acids is 3. The van der Waals surface area contributed by atoms with Gasteiger partial charge in [0.15, 0.2) is 0 Å². The summed E-state index contributed by atoms with van der Waals surface area (Å²) in [6.45, 7) is 10.6. The summed E-state index contributed by atoms with van der Waals surface area (Å²) in [5.74, 6) is -1.02. The summed E-state index contributed by atoms with van der Waals surface area (Å²) < 4.78 is 10.2. The maximum atomic E-state index is 12.4. The smallest absolute Gasteiger partial charge is 0.410 e. The number of rotatable bonds is 5. The molecule has 144 valence electrons. The second-order valence-electron chi connectivity index (χ2n) is 8.01. The Labute approximate surface area is 150 Å². The Bertz CT molecular complexity index is 484. The topological polar surface area (TPSA) is 84.9 Å². The fourth-order valence-corrected chi connectivity index (χ4v) is 2.73. The van der Waals surface area contributed by atoms with Crippen molar-refractivity contribution in [2.45, 2.75) is 53.1 Å². The van der Waals surface area contributed by atoms with E-state index in [-0.39, 0.29) is 19.0 Å². The first kappa shape index (κ1) is 21.3. The molecule has 0 aromatic rings. The average Bonchev–Trinajstić information content (AvgIpc) is 2.51. The number of nitrogens with one attached hydrogen (secondary N) is 1. The van der Waals surface area contributed by atoms with Gasteiger partial charge >= 0.3 is 12.1 Å². The summed E-state index contributed by atoms with van der Waals surface area (Å²) in [5.41, 5.74) is -0.635. The normalized spacial score (nSPS) is 21.0. The van der Waals surface area contributed by atoms with Crippen LogP contribution in [0.1, 0.15) is 47.5 Å². The molecule has 25 heavy (non-hydrogen) atoms. The van der Waals surface area contributed by atoms with Gasteiger partial charge in [-0.25, -0.2) is 4.79 Å². The number of ether oxygens (including phenoxy) is 2. The Kier molecular flexibility index (Phi) is 7.70. The molecule has 0 saturated carbocycles. The van der Waals surface area contributed by atoms with E-state index in [4.69, 9.17) is 9.47 Å². The molecule has 2 amide bonds. The van der Waals surface area contributed by atoms with Crippen molar-refractivity contribution in [3.63, 3.8) is 0 Å². The molecular weight excluding hydrogens is 324 g/mol. The van der Waals surface area contributed by atoms with Crippen molar-refractivity contribution in [3.05, 3.63) is 0 Å². The molecule has 0 spiro atoms. The zero-order valence-corrected chi connectivity index (χ0v) is 16.3. The Morgan fingerprint density at radius 1 is 1.16 bits per heavy atom. The van der Waals surface area contributed by atoms with Crippen LogP contribution in [-0.2, 0) is 19.1 Å². The van der Waals surface area contributed by atoms with Gasteiger partial charge in [-0.15, -0.1) is 0 Å². The fourth-order valence-electron chi connectivity index (χ4n) is 2.73. The lowest BCUT2D eigenvalue weighted by Gasteiger charge is -2.36. The quantitative estimate of drug-likeness (QED) is 0.763. The van der Waals surface area contributed by atoms with Crippen LogP contribution >= 0.6 is 0 Å². The minimum atomic E-state index is -0.635. The van der Waals surface area contributed by atoms with E-state index in [1.165, 1.54) is 12.0 Å². The van der Waals surface area contributed by atoms with Gasteiger partial charge in [-0.1, -0.05) is 13.8 Å². The zero-order chi connectivity index (χ0) is 19.2. The van der Waals surface area contributed by atoms with E-state index >= 15 is 0 Å². The lowest BCUT2D eigenvalue weighted by atomic mass is 9.88. The van der Waals surface area contributed by atoms with Crippen LogP contribution in [0.15, 0.2) is 0 Å². The molecule has 1 N–H and O–H groups in total. The number of hydrogen-bond acceptors (Lipinski definition) is 5. The van der Waals surface area contributed by atoms with Crippen LogP contribution in [0, 0.1) is 17.8 Å². The summed E-state index contributed by atoms with van der Waals surface area (Å²) >= 11 is 0. The highest BCUT2D eigenvalue weighted by Crippen LogP contribution is 2.25. The number of likely N-dealkylation sites (tertiary alicyclic amines) is 1. The second-order valence-corrected chi connectivity index (χ2v) is 8.01. The minimum absolute atomic E-state index is 0.136.